The molecule has 0 fully saturated rings. The first-order valence-corrected chi connectivity index (χ1v) is 8.91. The molecule has 3 nitrogen and oxygen atoms in total. The van der Waals surface area contributed by atoms with Crippen LogP contribution < -0.4 is 5.73 Å². The van der Waals surface area contributed by atoms with Gasteiger partial charge in [0.25, 0.3) is 0 Å². The molecule has 0 aliphatic carbocycles. The van der Waals surface area contributed by atoms with Crippen molar-refractivity contribution in [3.63, 3.8) is 0 Å². The van der Waals surface area contributed by atoms with Crippen LogP contribution in [0.25, 0.3) is 16.8 Å². The molecule has 134 valence electrons. The van der Waals surface area contributed by atoms with Gasteiger partial charge >= 0.3 is 5.97 Å². The van der Waals surface area contributed by atoms with Crippen LogP contribution in [0.1, 0.15) is 52.5 Å². The maximum atomic E-state index is 12.5. The highest BCUT2D eigenvalue weighted by molar-refractivity contribution is 5.85. The lowest BCUT2D eigenvalue weighted by Crippen LogP contribution is -2.50. The number of esters is 1. The Bertz CT molecular complexity index is 758. The van der Waals surface area contributed by atoms with Gasteiger partial charge in [0.2, 0.25) is 0 Å². The van der Waals surface area contributed by atoms with Gasteiger partial charge in [-0.25, -0.2) is 0 Å². The average molecular weight is 339 g/mol. The maximum Gasteiger partial charge on any atom is 0.326 e. The number of hydrogen-bond acceptors (Lipinski definition) is 3. The highest BCUT2D eigenvalue weighted by Crippen LogP contribution is 2.22. The number of benzene rings is 2. The van der Waals surface area contributed by atoms with Gasteiger partial charge in [-0.1, -0.05) is 61.9 Å². The van der Waals surface area contributed by atoms with E-state index in [1.54, 1.807) is 0 Å². The molecule has 2 aromatic carbocycles. The molecule has 1 atom stereocenters. The Labute approximate surface area is 150 Å². The highest BCUT2D eigenvalue weighted by atomic mass is 16.6. The van der Waals surface area contributed by atoms with Gasteiger partial charge in [0.05, 0.1) is 0 Å². The number of fused-ring (bicyclic) bond motifs is 1. The largest absolute Gasteiger partial charge is 0.459 e. The molecule has 0 aromatic heterocycles. The van der Waals surface area contributed by atoms with Crippen molar-refractivity contribution in [3.8, 4) is 0 Å². The summed E-state index contributed by atoms with van der Waals surface area (Å²) in [6.45, 7) is 7.62. The summed E-state index contributed by atoms with van der Waals surface area (Å²) in [6, 6.07) is 14.6. The van der Waals surface area contributed by atoms with E-state index in [2.05, 4.69) is 30.3 Å². The van der Waals surface area contributed by atoms with Crippen molar-refractivity contribution < 1.29 is 9.53 Å². The molecule has 0 saturated carbocycles. The van der Waals surface area contributed by atoms with Crippen molar-refractivity contribution in [2.75, 3.05) is 0 Å². The lowest BCUT2D eigenvalue weighted by molar-refractivity contribution is -0.161. The van der Waals surface area contributed by atoms with Crippen molar-refractivity contribution in [3.05, 3.63) is 54.1 Å². The Kier molecular flexibility index (Phi) is 6.02. The fraction of sp³-hybridized carbons (Fsp3) is 0.409. The lowest BCUT2D eigenvalue weighted by atomic mass is 9.90. The van der Waals surface area contributed by atoms with Crippen molar-refractivity contribution >= 4 is 22.8 Å². The van der Waals surface area contributed by atoms with Gasteiger partial charge in [-0.15, -0.1) is 0 Å². The van der Waals surface area contributed by atoms with Gasteiger partial charge in [-0.3, -0.25) is 4.79 Å². The Morgan fingerprint density at radius 1 is 1.12 bits per heavy atom. The van der Waals surface area contributed by atoms with E-state index in [0.29, 0.717) is 12.8 Å². The summed E-state index contributed by atoms with van der Waals surface area (Å²) in [5, 5.41) is 2.41. The minimum Gasteiger partial charge on any atom is -0.459 e. The van der Waals surface area contributed by atoms with Crippen LogP contribution in [0.15, 0.2) is 48.5 Å². The van der Waals surface area contributed by atoms with Gasteiger partial charge in [0, 0.05) is 0 Å². The summed E-state index contributed by atoms with van der Waals surface area (Å²) in [5.74, 6) is -0.329. The zero-order valence-corrected chi connectivity index (χ0v) is 15.7. The van der Waals surface area contributed by atoms with E-state index in [1.165, 1.54) is 10.8 Å². The van der Waals surface area contributed by atoms with E-state index in [-0.39, 0.29) is 5.97 Å². The van der Waals surface area contributed by atoms with Crippen LogP contribution in [0, 0.1) is 0 Å². The van der Waals surface area contributed by atoms with Gasteiger partial charge in [-0.05, 0) is 56.0 Å². The molecule has 0 aliphatic heterocycles. The summed E-state index contributed by atoms with van der Waals surface area (Å²) in [4.78, 5) is 12.5. The predicted molar refractivity (Wildman–Crippen MR) is 105 cm³/mol. The topological polar surface area (TPSA) is 52.3 Å². The highest BCUT2D eigenvalue weighted by Gasteiger charge is 2.36. The van der Waals surface area contributed by atoms with Crippen molar-refractivity contribution in [1.29, 1.82) is 0 Å². The third-order valence-corrected chi connectivity index (χ3v) is 4.07. The van der Waals surface area contributed by atoms with E-state index in [4.69, 9.17) is 10.5 Å². The maximum absolute atomic E-state index is 12.5. The van der Waals surface area contributed by atoms with Gasteiger partial charge in [-0.2, -0.15) is 0 Å². The molecule has 0 spiro atoms. The van der Waals surface area contributed by atoms with E-state index >= 15 is 0 Å². The van der Waals surface area contributed by atoms with Crippen LogP contribution in [-0.2, 0) is 9.53 Å². The summed E-state index contributed by atoms with van der Waals surface area (Å²) in [6.07, 6.45) is 5.89. The van der Waals surface area contributed by atoms with Gasteiger partial charge < -0.3 is 10.5 Å². The Morgan fingerprint density at radius 2 is 1.80 bits per heavy atom. The molecule has 0 heterocycles. The number of rotatable bonds is 6. The van der Waals surface area contributed by atoms with Crippen LogP contribution in [0.3, 0.4) is 0 Å². The molecule has 0 bridgehead atoms. The number of ether oxygens (including phenoxy) is 1. The van der Waals surface area contributed by atoms with Gasteiger partial charge in [0.15, 0.2) is 0 Å². The third-order valence-electron chi connectivity index (χ3n) is 4.07. The Morgan fingerprint density at radius 3 is 2.44 bits per heavy atom. The quantitative estimate of drug-likeness (QED) is 0.746. The molecule has 3 heteroatoms. The van der Waals surface area contributed by atoms with Gasteiger partial charge in [0.1, 0.15) is 11.1 Å². The zero-order valence-electron chi connectivity index (χ0n) is 15.7. The van der Waals surface area contributed by atoms with E-state index in [0.717, 1.165) is 12.0 Å². The van der Waals surface area contributed by atoms with Crippen LogP contribution in [-0.4, -0.2) is 17.1 Å². The van der Waals surface area contributed by atoms with E-state index in [1.807, 2.05) is 52.0 Å². The summed E-state index contributed by atoms with van der Waals surface area (Å²) in [5.41, 5.74) is 5.98. The lowest BCUT2D eigenvalue weighted by Gasteiger charge is -2.30. The molecule has 0 saturated heterocycles. The van der Waals surface area contributed by atoms with Crippen LogP contribution >= 0.6 is 0 Å². The average Bonchev–Trinajstić information content (AvgIpc) is 2.53. The number of carbonyl (C=O) groups is 1. The second-order valence-corrected chi connectivity index (χ2v) is 7.62. The molecule has 2 aromatic rings. The first-order chi connectivity index (χ1) is 11.7. The fourth-order valence-corrected chi connectivity index (χ4v) is 2.83. The second kappa shape index (κ2) is 7.83. The van der Waals surface area contributed by atoms with Crippen LogP contribution in [0.5, 0.6) is 0 Å². The smallest absolute Gasteiger partial charge is 0.326 e. The molecule has 0 aliphatic rings. The molecule has 2 rings (SSSR count). The first kappa shape index (κ1) is 19.2. The molecule has 1 unspecified atom stereocenters. The van der Waals surface area contributed by atoms with E-state index < -0.39 is 11.1 Å². The summed E-state index contributed by atoms with van der Waals surface area (Å²) < 4.78 is 5.52. The predicted octanol–water partition coefficient (Wildman–Crippen LogP) is 5.08. The summed E-state index contributed by atoms with van der Waals surface area (Å²) in [7, 11) is 0. The second-order valence-electron chi connectivity index (χ2n) is 7.62. The van der Waals surface area contributed by atoms with Crippen LogP contribution in [0.2, 0.25) is 0 Å². The zero-order chi connectivity index (χ0) is 18.5. The minimum atomic E-state index is -0.977. The van der Waals surface area contributed by atoms with Crippen molar-refractivity contribution in [2.45, 2.75) is 58.1 Å². The normalized spacial score (nSPS) is 14.6. The van der Waals surface area contributed by atoms with E-state index in [9.17, 15) is 4.79 Å². The molecular formula is C22H29NO2. The Hall–Kier alpha value is -2.13. The minimum absolute atomic E-state index is 0.329. The molecule has 0 radical (unpaired) electrons. The molecule has 25 heavy (non-hydrogen) atoms. The first-order valence-electron chi connectivity index (χ1n) is 8.91. The third kappa shape index (κ3) is 5.43. The molecule has 0 amide bonds. The summed E-state index contributed by atoms with van der Waals surface area (Å²) >= 11 is 0. The number of nitrogens with two attached hydrogens (primary N) is 1. The van der Waals surface area contributed by atoms with Crippen LogP contribution in [0.4, 0.5) is 0 Å². The SMILES string of the molecule is CCCC(N)(C/C=C/c1ccc2ccccc2c1)C(=O)OC(C)(C)C. The Balaban J connectivity index is 2.13. The van der Waals surface area contributed by atoms with Crippen molar-refractivity contribution in [1.82, 2.24) is 0 Å². The molecular weight excluding hydrogens is 310 g/mol. The number of hydrogen-bond donors (Lipinski definition) is 1. The van der Waals surface area contributed by atoms with Crippen molar-refractivity contribution in [2.24, 2.45) is 5.73 Å². The molecule has 2 N–H and O–H groups in total. The fourth-order valence-electron chi connectivity index (χ4n) is 2.83. The monoisotopic (exact) mass is 339 g/mol. The number of carbonyl (C=O) groups excluding carboxylic acids is 1. The standard InChI is InChI=1S/C22H29NO2/c1-5-14-22(23,20(24)25-21(2,3)4)15-8-9-17-12-13-18-10-6-7-11-19(18)16-17/h6-13,16H,5,14-15,23H2,1-4H3/b9-8+.